The highest BCUT2D eigenvalue weighted by Crippen LogP contribution is 2.55. The van der Waals surface area contributed by atoms with Crippen LogP contribution in [0.25, 0.3) is 0 Å². The van der Waals surface area contributed by atoms with Crippen molar-refractivity contribution in [3.8, 4) is 11.5 Å². The molecule has 0 radical (unpaired) electrons. The van der Waals surface area contributed by atoms with Crippen LogP contribution >= 0.6 is 0 Å². The molecule has 4 nitrogen and oxygen atoms in total. The topological polar surface area (TPSA) is 41.9 Å². The molecule has 5 rings (SSSR count). The molecular formula is C16H19NO3. The van der Waals surface area contributed by atoms with Gasteiger partial charge in [0.25, 0.3) is 0 Å². The number of aliphatic hydroxyl groups is 1. The van der Waals surface area contributed by atoms with E-state index in [1.54, 1.807) is 0 Å². The zero-order chi connectivity index (χ0) is 13.3. The normalized spacial score (nSPS) is 40.4. The largest absolute Gasteiger partial charge is 0.454 e. The van der Waals surface area contributed by atoms with Crippen LogP contribution in [0.15, 0.2) is 12.1 Å². The van der Waals surface area contributed by atoms with Crippen molar-refractivity contribution in [2.24, 2.45) is 0 Å². The number of benzene rings is 1. The maximum Gasteiger partial charge on any atom is 0.231 e. The highest BCUT2D eigenvalue weighted by atomic mass is 16.7. The van der Waals surface area contributed by atoms with E-state index in [2.05, 4.69) is 17.0 Å². The summed E-state index contributed by atoms with van der Waals surface area (Å²) < 4.78 is 11.1. The van der Waals surface area contributed by atoms with Gasteiger partial charge in [0.1, 0.15) is 0 Å². The lowest BCUT2D eigenvalue weighted by atomic mass is 9.63. The fraction of sp³-hybridized carbons (Fsp3) is 0.625. The van der Waals surface area contributed by atoms with Crippen molar-refractivity contribution in [1.29, 1.82) is 0 Å². The SMILES string of the molecule is O[C@H]1CC[C@@]23CCN(Cc4cc5c(cc42)OCO5)[C@@H]3C1. The zero-order valence-electron chi connectivity index (χ0n) is 11.5. The number of rotatable bonds is 0. The monoisotopic (exact) mass is 273 g/mol. The smallest absolute Gasteiger partial charge is 0.231 e. The van der Waals surface area contributed by atoms with Gasteiger partial charge in [0.05, 0.1) is 6.10 Å². The van der Waals surface area contributed by atoms with Crippen molar-refractivity contribution in [2.75, 3.05) is 13.3 Å². The molecule has 2 bridgehead atoms. The molecule has 0 aromatic heterocycles. The van der Waals surface area contributed by atoms with E-state index in [4.69, 9.17) is 9.47 Å². The predicted molar refractivity (Wildman–Crippen MR) is 72.9 cm³/mol. The summed E-state index contributed by atoms with van der Waals surface area (Å²) in [7, 11) is 0. The van der Waals surface area contributed by atoms with Crippen LogP contribution in [0.1, 0.15) is 36.8 Å². The highest BCUT2D eigenvalue weighted by Gasteiger charge is 2.54. The van der Waals surface area contributed by atoms with Crippen LogP contribution in [-0.4, -0.2) is 35.5 Å². The molecule has 106 valence electrons. The molecule has 2 fully saturated rings. The Morgan fingerprint density at radius 3 is 2.95 bits per heavy atom. The van der Waals surface area contributed by atoms with Crippen molar-refractivity contribution in [2.45, 2.75) is 49.8 Å². The Labute approximate surface area is 118 Å². The quantitative estimate of drug-likeness (QED) is 0.782. The fourth-order valence-electron chi connectivity index (χ4n) is 4.92. The van der Waals surface area contributed by atoms with Gasteiger partial charge in [-0.15, -0.1) is 0 Å². The van der Waals surface area contributed by atoms with E-state index in [1.165, 1.54) is 17.5 Å². The lowest BCUT2D eigenvalue weighted by Crippen LogP contribution is -2.51. The highest BCUT2D eigenvalue weighted by molar-refractivity contribution is 5.53. The summed E-state index contributed by atoms with van der Waals surface area (Å²) in [5.74, 6) is 1.80. The number of hydrogen-bond donors (Lipinski definition) is 1. The average Bonchev–Trinajstić information content (AvgIpc) is 3.00. The van der Waals surface area contributed by atoms with E-state index in [0.717, 1.165) is 43.9 Å². The van der Waals surface area contributed by atoms with Gasteiger partial charge in [0.2, 0.25) is 6.79 Å². The number of fused-ring (bicyclic) bond motifs is 2. The Morgan fingerprint density at radius 1 is 1.20 bits per heavy atom. The molecule has 1 aromatic rings. The molecule has 3 aliphatic heterocycles. The summed E-state index contributed by atoms with van der Waals surface area (Å²) in [5.41, 5.74) is 3.11. The molecule has 4 heteroatoms. The summed E-state index contributed by atoms with van der Waals surface area (Å²) in [5, 5.41) is 10.0. The summed E-state index contributed by atoms with van der Waals surface area (Å²) in [6.07, 6.45) is 4.05. The zero-order valence-corrected chi connectivity index (χ0v) is 11.5. The second-order valence-electron chi connectivity index (χ2n) is 6.68. The van der Waals surface area contributed by atoms with Gasteiger partial charge in [0, 0.05) is 18.0 Å². The van der Waals surface area contributed by atoms with Gasteiger partial charge < -0.3 is 14.6 Å². The van der Waals surface area contributed by atoms with Crippen LogP contribution in [0, 0.1) is 0 Å². The Morgan fingerprint density at radius 2 is 2.05 bits per heavy atom. The van der Waals surface area contributed by atoms with Crippen LogP contribution < -0.4 is 9.47 Å². The molecule has 1 unspecified atom stereocenters. The third-order valence-electron chi connectivity index (χ3n) is 5.85. The van der Waals surface area contributed by atoms with E-state index in [9.17, 15) is 5.11 Å². The van der Waals surface area contributed by atoms with Crippen LogP contribution in [0.3, 0.4) is 0 Å². The third-order valence-corrected chi connectivity index (χ3v) is 5.85. The molecule has 0 amide bonds. The Balaban J connectivity index is 1.68. The number of aliphatic hydroxyl groups excluding tert-OH is 1. The first-order chi connectivity index (χ1) is 9.76. The van der Waals surface area contributed by atoms with Crippen molar-refractivity contribution >= 4 is 0 Å². The second kappa shape index (κ2) is 3.68. The first-order valence-electron chi connectivity index (χ1n) is 7.61. The molecule has 1 aliphatic carbocycles. The van der Waals surface area contributed by atoms with Crippen LogP contribution in [0.2, 0.25) is 0 Å². The minimum Gasteiger partial charge on any atom is -0.454 e. The van der Waals surface area contributed by atoms with Gasteiger partial charge >= 0.3 is 0 Å². The van der Waals surface area contributed by atoms with Gasteiger partial charge in [0.15, 0.2) is 11.5 Å². The Kier molecular flexibility index (Phi) is 2.10. The minimum atomic E-state index is -0.121. The average molecular weight is 273 g/mol. The lowest BCUT2D eigenvalue weighted by molar-refractivity contribution is 0.0384. The first kappa shape index (κ1) is 11.4. The van der Waals surface area contributed by atoms with Crippen LogP contribution in [0.5, 0.6) is 11.5 Å². The Bertz CT molecular complexity index is 587. The molecule has 4 atom stereocenters. The van der Waals surface area contributed by atoms with Gasteiger partial charge in [-0.05, 0) is 55.5 Å². The number of ether oxygens (including phenoxy) is 2. The van der Waals surface area contributed by atoms with Crippen molar-refractivity contribution in [3.05, 3.63) is 23.3 Å². The standard InChI is InChI=1S/C16H19NO3/c18-11-1-2-16-3-4-17(15(16)6-11)8-10-5-13-14(7-12(10)16)20-9-19-13/h5,7,11,15,18H,1-4,6,8-9H2/t11-,15+,16+/m0/s1. The molecule has 4 aliphatic rings. The molecule has 3 heterocycles. The second-order valence-corrected chi connectivity index (χ2v) is 6.68. The maximum atomic E-state index is 10.0. The summed E-state index contributed by atoms with van der Waals surface area (Å²) >= 11 is 0. The van der Waals surface area contributed by atoms with Gasteiger partial charge in [-0.3, -0.25) is 4.90 Å². The van der Waals surface area contributed by atoms with E-state index < -0.39 is 0 Å². The van der Waals surface area contributed by atoms with E-state index in [-0.39, 0.29) is 11.5 Å². The van der Waals surface area contributed by atoms with Crippen LogP contribution in [-0.2, 0) is 12.0 Å². The molecule has 1 saturated carbocycles. The molecule has 1 N–H and O–H groups in total. The number of hydrogen-bond acceptors (Lipinski definition) is 4. The summed E-state index contributed by atoms with van der Waals surface area (Å²) in [6.45, 7) is 2.49. The minimum absolute atomic E-state index is 0.121. The molecule has 20 heavy (non-hydrogen) atoms. The Hall–Kier alpha value is -1.26. The molecule has 1 saturated heterocycles. The van der Waals surface area contributed by atoms with Crippen LogP contribution in [0.4, 0.5) is 0 Å². The predicted octanol–water partition coefficient (Wildman–Crippen LogP) is 1.79. The maximum absolute atomic E-state index is 10.0. The van der Waals surface area contributed by atoms with Gasteiger partial charge in [-0.2, -0.15) is 0 Å². The summed E-state index contributed by atoms with van der Waals surface area (Å²) in [6, 6.07) is 4.92. The molecular weight excluding hydrogens is 254 g/mol. The molecule has 1 aromatic carbocycles. The van der Waals surface area contributed by atoms with Gasteiger partial charge in [-0.1, -0.05) is 0 Å². The first-order valence-corrected chi connectivity index (χ1v) is 7.61. The van der Waals surface area contributed by atoms with Crippen molar-refractivity contribution < 1.29 is 14.6 Å². The summed E-state index contributed by atoms with van der Waals surface area (Å²) in [4.78, 5) is 2.56. The van der Waals surface area contributed by atoms with E-state index in [1.807, 2.05) is 0 Å². The fourth-order valence-corrected chi connectivity index (χ4v) is 4.92. The van der Waals surface area contributed by atoms with Crippen molar-refractivity contribution in [3.63, 3.8) is 0 Å². The number of nitrogens with zero attached hydrogens (tertiary/aromatic N) is 1. The molecule has 0 spiro atoms. The lowest BCUT2D eigenvalue weighted by Gasteiger charge is -2.48. The van der Waals surface area contributed by atoms with E-state index in [0.29, 0.717) is 12.8 Å². The van der Waals surface area contributed by atoms with Gasteiger partial charge in [-0.25, -0.2) is 0 Å². The van der Waals surface area contributed by atoms with E-state index >= 15 is 0 Å². The third kappa shape index (κ3) is 1.29. The van der Waals surface area contributed by atoms with Crippen molar-refractivity contribution in [1.82, 2.24) is 4.90 Å².